The van der Waals surface area contributed by atoms with E-state index in [1.54, 1.807) is 35.2 Å². The summed E-state index contributed by atoms with van der Waals surface area (Å²) in [5.74, 6) is 1.01. The fourth-order valence-corrected chi connectivity index (χ4v) is 2.39. The molecule has 116 valence electrons. The Labute approximate surface area is 138 Å². The third kappa shape index (κ3) is 3.92. The molecule has 0 aliphatic rings. The van der Waals surface area contributed by atoms with E-state index < -0.39 is 0 Å². The zero-order chi connectivity index (χ0) is 16.1. The molecule has 1 aromatic heterocycles. The smallest absolute Gasteiger partial charge is 0.216 e. The number of hydrogen-bond donors (Lipinski definition) is 2. The molecule has 0 saturated heterocycles. The van der Waals surface area contributed by atoms with E-state index >= 15 is 0 Å². The Morgan fingerprint density at radius 1 is 1.09 bits per heavy atom. The van der Waals surface area contributed by atoms with Crippen LogP contribution < -0.4 is 0 Å². The van der Waals surface area contributed by atoms with Crippen molar-refractivity contribution < 1.29 is 5.11 Å². The van der Waals surface area contributed by atoms with Crippen molar-refractivity contribution in [1.29, 1.82) is 0 Å². The molecule has 2 aromatic carbocycles. The fraction of sp³-hybridized carbons (Fsp3) is 0.118. The lowest BCUT2D eigenvalue weighted by molar-refractivity contribution is 0.475. The van der Waals surface area contributed by atoms with E-state index in [2.05, 4.69) is 27.4 Å². The summed E-state index contributed by atoms with van der Waals surface area (Å²) in [5.41, 5.74) is 2.12. The van der Waals surface area contributed by atoms with E-state index in [1.807, 2.05) is 18.2 Å². The predicted molar refractivity (Wildman–Crippen MR) is 92.4 cm³/mol. The molecular weight excluding hydrogens is 308 g/mol. The molecule has 0 radical (unpaired) electrons. The van der Waals surface area contributed by atoms with Gasteiger partial charge in [-0.2, -0.15) is 14.9 Å². The number of benzene rings is 2. The molecule has 5 nitrogen and oxygen atoms in total. The van der Waals surface area contributed by atoms with Crippen LogP contribution in [-0.4, -0.2) is 26.2 Å². The zero-order valence-corrected chi connectivity index (χ0v) is 13.2. The van der Waals surface area contributed by atoms with Crippen molar-refractivity contribution in [3.63, 3.8) is 0 Å². The molecule has 0 atom stereocenters. The summed E-state index contributed by atoms with van der Waals surface area (Å²) < 4.78 is 2.09. The Morgan fingerprint density at radius 3 is 2.57 bits per heavy atom. The number of phenols is 1. The van der Waals surface area contributed by atoms with E-state index in [0.717, 1.165) is 24.2 Å². The first-order chi connectivity index (χ1) is 11.2. The van der Waals surface area contributed by atoms with Crippen molar-refractivity contribution in [2.24, 2.45) is 5.10 Å². The summed E-state index contributed by atoms with van der Waals surface area (Å²) in [7, 11) is 0. The van der Waals surface area contributed by atoms with E-state index in [4.69, 9.17) is 12.2 Å². The number of nitrogens with zero attached hydrogens (tertiary/aromatic N) is 3. The molecule has 0 saturated carbocycles. The number of nitrogens with one attached hydrogen (secondary N) is 1. The van der Waals surface area contributed by atoms with E-state index in [0.29, 0.717) is 4.77 Å². The molecule has 0 fully saturated rings. The summed E-state index contributed by atoms with van der Waals surface area (Å²) in [6.45, 7) is 0. The molecule has 0 aliphatic heterocycles. The number of aromatic nitrogens is 3. The van der Waals surface area contributed by atoms with Gasteiger partial charge in [-0.3, -0.25) is 5.10 Å². The molecule has 1 heterocycles. The van der Waals surface area contributed by atoms with Gasteiger partial charge in [0.2, 0.25) is 4.77 Å². The van der Waals surface area contributed by atoms with Crippen molar-refractivity contribution in [2.45, 2.75) is 12.8 Å². The normalized spacial score (nSPS) is 11.1. The Balaban J connectivity index is 1.76. The minimum absolute atomic E-state index is 0.227. The first-order valence-electron chi connectivity index (χ1n) is 7.26. The van der Waals surface area contributed by atoms with Crippen LogP contribution in [-0.2, 0) is 12.8 Å². The molecular formula is C17H16N4OS. The molecule has 0 bridgehead atoms. The number of aromatic amines is 1. The lowest BCUT2D eigenvalue weighted by atomic mass is 10.1. The Kier molecular flexibility index (Phi) is 4.63. The zero-order valence-electron chi connectivity index (χ0n) is 12.4. The third-order valence-electron chi connectivity index (χ3n) is 3.41. The van der Waals surface area contributed by atoms with Crippen LogP contribution >= 0.6 is 12.2 Å². The lowest BCUT2D eigenvalue weighted by Gasteiger charge is -2.01. The molecule has 0 aliphatic carbocycles. The van der Waals surface area contributed by atoms with Gasteiger partial charge in [0.25, 0.3) is 0 Å². The van der Waals surface area contributed by atoms with Gasteiger partial charge in [0.15, 0.2) is 5.82 Å². The summed E-state index contributed by atoms with van der Waals surface area (Å²) in [6, 6.07) is 17.0. The summed E-state index contributed by atoms with van der Waals surface area (Å²) in [4.78, 5) is 0. The van der Waals surface area contributed by atoms with Crippen LogP contribution in [0.15, 0.2) is 59.7 Å². The second kappa shape index (κ2) is 7.02. The van der Waals surface area contributed by atoms with Gasteiger partial charge in [0.05, 0.1) is 6.21 Å². The fourth-order valence-electron chi connectivity index (χ4n) is 2.19. The molecule has 0 amide bonds. The van der Waals surface area contributed by atoms with Gasteiger partial charge >= 0.3 is 0 Å². The van der Waals surface area contributed by atoms with Crippen molar-refractivity contribution in [3.05, 3.63) is 76.3 Å². The van der Waals surface area contributed by atoms with Crippen LogP contribution in [0, 0.1) is 4.77 Å². The number of hydrogen-bond acceptors (Lipinski definition) is 4. The van der Waals surface area contributed by atoms with Gasteiger partial charge in [-0.1, -0.05) is 30.3 Å². The van der Waals surface area contributed by atoms with E-state index in [1.165, 1.54) is 5.56 Å². The maximum Gasteiger partial charge on any atom is 0.216 e. The average molecular weight is 324 g/mol. The van der Waals surface area contributed by atoms with Crippen molar-refractivity contribution >= 4 is 18.4 Å². The Morgan fingerprint density at radius 2 is 1.83 bits per heavy atom. The maximum atomic E-state index is 9.29. The first kappa shape index (κ1) is 15.2. The van der Waals surface area contributed by atoms with Crippen LogP contribution in [0.1, 0.15) is 17.0 Å². The number of aryl methyl sites for hydroxylation is 2. The minimum atomic E-state index is 0.227. The quantitative estimate of drug-likeness (QED) is 0.559. The number of rotatable bonds is 5. The molecule has 2 N–H and O–H groups in total. The standard InChI is InChI=1S/C17H16N4OS/c22-15-9-6-14(7-10-15)12-18-21-16(19-20-17(21)23)11-8-13-4-2-1-3-5-13/h1-7,9-10,12,22H,8,11H2,(H,20,23)/b18-12-. The van der Waals surface area contributed by atoms with Crippen LogP contribution in [0.4, 0.5) is 0 Å². The molecule has 3 rings (SSSR count). The van der Waals surface area contributed by atoms with Gasteiger partial charge in [-0.05, 0) is 54.0 Å². The topological polar surface area (TPSA) is 66.2 Å². The van der Waals surface area contributed by atoms with E-state index in [-0.39, 0.29) is 5.75 Å². The molecule has 3 aromatic rings. The Bertz CT molecular complexity index is 850. The largest absolute Gasteiger partial charge is 0.508 e. The SMILES string of the molecule is Oc1ccc(/C=N\n2c(CCc3ccccc3)n[nH]c2=S)cc1. The van der Waals surface area contributed by atoms with Crippen molar-refractivity contribution in [2.75, 3.05) is 0 Å². The first-order valence-corrected chi connectivity index (χ1v) is 7.67. The van der Waals surface area contributed by atoms with Gasteiger partial charge < -0.3 is 5.11 Å². The van der Waals surface area contributed by atoms with Gasteiger partial charge in [-0.15, -0.1) is 0 Å². The lowest BCUT2D eigenvalue weighted by Crippen LogP contribution is -2.01. The van der Waals surface area contributed by atoms with Crippen molar-refractivity contribution in [3.8, 4) is 5.75 Å². The van der Waals surface area contributed by atoms with Gasteiger partial charge in [0, 0.05) is 6.42 Å². The second-order valence-electron chi connectivity index (χ2n) is 5.08. The third-order valence-corrected chi connectivity index (χ3v) is 3.68. The van der Waals surface area contributed by atoms with Crippen molar-refractivity contribution in [1.82, 2.24) is 14.9 Å². The highest BCUT2D eigenvalue weighted by Gasteiger charge is 2.05. The van der Waals surface area contributed by atoms with Gasteiger partial charge in [0.1, 0.15) is 5.75 Å². The minimum Gasteiger partial charge on any atom is -0.508 e. The number of aromatic hydroxyl groups is 1. The van der Waals surface area contributed by atoms with Crippen LogP contribution in [0.3, 0.4) is 0 Å². The molecule has 6 heteroatoms. The Hall–Kier alpha value is -2.73. The van der Waals surface area contributed by atoms with Crippen LogP contribution in [0.2, 0.25) is 0 Å². The summed E-state index contributed by atoms with van der Waals surface area (Å²) >= 11 is 5.23. The van der Waals surface area contributed by atoms with Gasteiger partial charge in [-0.25, -0.2) is 0 Å². The monoisotopic (exact) mass is 324 g/mol. The average Bonchev–Trinajstić information content (AvgIpc) is 2.93. The molecule has 0 unspecified atom stereocenters. The van der Waals surface area contributed by atoms with Crippen LogP contribution in [0.5, 0.6) is 5.75 Å². The second-order valence-corrected chi connectivity index (χ2v) is 5.47. The number of phenolic OH excluding ortho intramolecular Hbond substituents is 1. The predicted octanol–water partition coefficient (Wildman–Crippen LogP) is 3.31. The van der Waals surface area contributed by atoms with E-state index in [9.17, 15) is 5.11 Å². The highest BCUT2D eigenvalue weighted by atomic mass is 32.1. The highest BCUT2D eigenvalue weighted by Crippen LogP contribution is 2.09. The number of H-pyrrole nitrogens is 1. The highest BCUT2D eigenvalue weighted by molar-refractivity contribution is 7.71. The summed E-state index contributed by atoms with van der Waals surface area (Å²) in [5, 5.41) is 20.7. The maximum absolute atomic E-state index is 9.29. The van der Waals surface area contributed by atoms with Crippen LogP contribution in [0.25, 0.3) is 0 Å². The molecule has 0 spiro atoms. The summed E-state index contributed by atoms with van der Waals surface area (Å²) in [6.07, 6.45) is 3.30. The molecule has 23 heavy (non-hydrogen) atoms.